The number of hydrogen-bond donors (Lipinski definition) is 2. The molecule has 0 saturated heterocycles. The van der Waals surface area contributed by atoms with Crippen molar-refractivity contribution in [1.82, 2.24) is 10.3 Å². The number of allylic oxidation sites excluding steroid dienone is 1. The van der Waals surface area contributed by atoms with Crippen LogP contribution in [0.3, 0.4) is 0 Å². The number of carbonyl (C=O) groups excluding carboxylic acids is 1. The average molecular weight is 623 g/mol. The van der Waals surface area contributed by atoms with Crippen LogP contribution in [0.5, 0.6) is 0 Å². The van der Waals surface area contributed by atoms with Crippen LogP contribution in [0.2, 0.25) is 5.02 Å². The molecule has 0 radical (unpaired) electrons. The molecule has 0 saturated carbocycles. The quantitative estimate of drug-likeness (QED) is 0.122. The highest BCUT2D eigenvalue weighted by atomic mass is 35.5. The topological polar surface area (TPSA) is 97.8 Å². The lowest BCUT2D eigenvalue weighted by Gasteiger charge is -2.31. The molecular weight excluding hydrogens is 588 g/mol. The number of pyridine rings is 1. The summed E-state index contributed by atoms with van der Waals surface area (Å²) in [5, 5.41) is 13.9. The Morgan fingerprint density at radius 2 is 1.62 bits per heavy atom. The highest BCUT2D eigenvalue weighted by molar-refractivity contribution is 6.30. The first-order chi connectivity index (χ1) is 21.9. The fraction of sp³-hybridized carbons (Fsp3) is 0.216. The van der Waals surface area contributed by atoms with E-state index in [1.165, 1.54) is 0 Å². The summed E-state index contributed by atoms with van der Waals surface area (Å²) < 4.78 is 12.0. The number of aromatic nitrogens is 1. The van der Waals surface area contributed by atoms with Gasteiger partial charge in [0.25, 0.3) is 0 Å². The Labute approximate surface area is 268 Å². The van der Waals surface area contributed by atoms with Crippen molar-refractivity contribution < 1.29 is 24.2 Å². The normalized spacial score (nSPS) is 14.8. The zero-order valence-electron chi connectivity index (χ0n) is 25.0. The molecule has 0 amide bonds. The van der Waals surface area contributed by atoms with Gasteiger partial charge in [-0.25, -0.2) is 9.59 Å². The second-order valence-electron chi connectivity index (χ2n) is 10.8. The van der Waals surface area contributed by atoms with Gasteiger partial charge in [0.05, 0.1) is 42.6 Å². The van der Waals surface area contributed by atoms with Gasteiger partial charge in [0.15, 0.2) is 0 Å². The molecule has 7 nitrogen and oxygen atoms in total. The standard InChI is InChI=1S/C37H35ClN2O5/c1-25-33(36(41)42)34(29-15-8-16-30(38)22-29)35(32(40-25)24-44-20-17-26-10-9-19-39-23-26)37(43)45-21-18-31(27-11-4-2-5-12-27)28-13-6-3-7-14-28/h2-16,19,22-23,31,34,40H,17-18,20-21,24H2,1H3,(H,41,42). The van der Waals surface area contributed by atoms with Crippen molar-refractivity contribution in [2.75, 3.05) is 19.8 Å². The summed E-state index contributed by atoms with van der Waals surface area (Å²) in [4.78, 5) is 30.8. The smallest absolute Gasteiger partial charge is 0.336 e. The molecule has 4 aromatic rings. The van der Waals surface area contributed by atoms with E-state index in [9.17, 15) is 14.7 Å². The van der Waals surface area contributed by atoms with Crippen molar-refractivity contribution in [3.63, 3.8) is 0 Å². The third-order valence-corrected chi connectivity index (χ3v) is 8.06. The first kappa shape index (κ1) is 31.7. The van der Waals surface area contributed by atoms with Crippen LogP contribution in [0.25, 0.3) is 0 Å². The number of dihydropyridines is 1. The highest BCUT2D eigenvalue weighted by Crippen LogP contribution is 2.40. The predicted octanol–water partition coefficient (Wildman–Crippen LogP) is 7.06. The maximum absolute atomic E-state index is 14.0. The first-order valence-corrected chi connectivity index (χ1v) is 15.2. The van der Waals surface area contributed by atoms with Crippen LogP contribution < -0.4 is 5.32 Å². The van der Waals surface area contributed by atoms with Gasteiger partial charge in [-0.1, -0.05) is 90.5 Å². The van der Waals surface area contributed by atoms with Crippen LogP contribution in [0.15, 0.2) is 132 Å². The maximum Gasteiger partial charge on any atom is 0.336 e. The Morgan fingerprint density at radius 1 is 0.911 bits per heavy atom. The number of carbonyl (C=O) groups is 2. The van der Waals surface area contributed by atoms with Crippen LogP contribution >= 0.6 is 11.6 Å². The summed E-state index contributed by atoms with van der Waals surface area (Å²) in [6.45, 7) is 2.25. The van der Waals surface area contributed by atoms with E-state index in [0.717, 1.165) is 16.7 Å². The number of halogens is 1. The second-order valence-corrected chi connectivity index (χ2v) is 11.2. The van der Waals surface area contributed by atoms with Crippen LogP contribution in [0, 0.1) is 0 Å². The molecular formula is C37H35ClN2O5. The third-order valence-electron chi connectivity index (χ3n) is 7.83. The lowest BCUT2D eigenvalue weighted by Crippen LogP contribution is -2.34. The Balaban J connectivity index is 1.42. The highest BCUT2D eigenvalue weighted by Gasteiger charge is 2.38. The summed E-state index contributed by atoms with van der Waals surface area (Å²) in [6.07, 6.45) is 4.67. The summed E-state index contributed by atoms with van der Waals surface area (Å²) in [5.74, 6) is -2.65. The molecule has 5 rings (SSSR count). The van der Waals surface area contributed by atoms with Crippen molar-refractivity contribution in [1.29, 1.82) is 0 Å². The van der Waals surface area contributed by atoms with Crippen molar-refractivity contribution in [2.24, 2.45) is 0 Å². The van der Waals surface area contributed by atoms with Gasteiger partial charge >= 0.3 is 11.9 Å². The summed E-state index contributed by atoms with van der Waals surface area (Å²) >= 11 is 6.35. The number of carboxylic acids is 1. The molecule has 2 N–H and O–H groups in total. The van der Waals surface area contributed by atoms with Crippen LogP contribution in [-0.2, 0) is 25.5 Å². The zero-order valence-corrected chi connectivity index (χ0v) is 25.7. The molecule has 1 aromatic heterocycles. The molecule has 3 aromatic carbocycles. The van der Waals surface area contributed by atoms with E-state index in [1.807, 2.05) is 48.5 Å². The second kappa shape index (κ2) is 15.3. The number of ether oxygens (including phenoxy) is 2. The van der Waals surface area contributed by atoms with Gasteiger partial charge in [-0.2, -0.15) is 0 Å². The largest absolute Gasteiger partial charge is 0.478 e. The van der Waals surface area contributed by atoms with E-state index < -0.39 is 17.9 Å². The predicted molar refractivity (Wildman–Crippen MR) is 174 cm³/mol. The summed E-state index contributed by atoms with van der Waals surface area (Å²) in [7, 11) is 0. The Morgan fingerprint density at radius 3 is 2.24 bits per heavy atom. The number of benzene rings is 3. The molecule has 2 heterocycles. The minimum Gasteiger partial charge on any atom is -0.478 e. The lowest BCUT2D eigenvalue weighted by atomic mass is 9.80. The number of rotatable bonds is 13. The average Bonchev–Trinajstić information content (AvgIpc) is 3.05. The third kappa shape index (κ3) is 8.06. The van der Waals surface area contributed by atoms with E-state index in [4.69, 9.17) is 21.1 Å². The van der Waals surface area contributed by atoms with Crippen molar-refractivity contribution in [3.05, 3.63) is 159 Å². The molecule has 1 atom stereocenters. The lowest BCUT2D eigenvalue weighted by molar-refractivity contribution is -0.139. The minimum atomic E-state index is -1.14. The SMILES string of the molecule is CC1=C(C(=O)O)C(c2cccc(Cl)c2)C(C(=O)OCCC(c2ccccc2)c2ccccc2)=C(COCCc2cccnc2)N1. The summed E-state index contributed by atoms with van der Waals surface area (Å²) in [6, 6.07) is 30.9. The number of nitrogens with one attached hydrogen (secondary N) is 1. The van der Waals surface area contributed by atoms with Gasteiger partial charge in [-0.05, 0) is 60.2 Å². The molecule has 8 heteroatoms. The molecule has 1 unspecified atom stereocenters. The van der Waals surface area contributed by atoms with Crippen LogP contribution in [0.4, 0.5) is 0 Å². The Bertz CT molecular complexity index is 1630. The van der Waals surface area contributed by atoms with Crippen molar-refractivity contribution >= 4 is 23.5 Å². The maximum atomic E-state index is 14.0. The summed E-state index contributed by atoms with van der Waals surface area (Å²) in [5.41, 5.74) is 4.95. The zero-order chi connectivity index (χ0) is 31.6. The van der Waals surface area contributed by atoms with Gasteiger partial charge in [0, 0.05) is 29.0 Å². The number of nitrogens with zero attached hydrogens (tertiary/aromatic N) is 1. The number of aliphatic carboxylic acids is 1. The fourth-order valence-corrected chi connectivity index (χ4v) is 5.91. The van der Waals surface area contributed by atoms with Gasteiger partial charge in [-0.3, -0.25) is 4.98 Å². The fourth-order valence-electron chi connectivity index (χ4n) is 5.71. The van der Waals surface area contributed by atoms with Crippen molar-refractivity contribution in [3.8, 4) is 0 Å². The number of hydrogen-bond acceptors (Lipinski definition) is 6. The van der Waals surface area contributed by atoms with Crippen LogP contribution in [0.1, 0.15) is 47.4 Å². The molecule has 0 spiro atoms. The molecule has 0 bridgehead atoms. The van der Waals surface area contributed by atoms with E-state index in [1.54, 1.807) is 43.6 Å². The first-order valence-electron chi connectivity index (χ1n) is 14.9. The van der Waals surface area contributed by atoms with Gasteiger partial charge in [0.2, 0.25) is 0 Å². The molecule has 0 aliphatic carbocycles. The van der Waals surface area contributed by atoms with Crippen LogP contribution in [-0.4, -0.2) is 41.8 Å². The number of esters is 1. The van der Waals surface area contributed by atoms with E-state index in [0.29, 0.717) is 41.4 Å². The van der Waals surface area contributed by atoms with E-state index in [-0.39, 0.29) is 30.3 Å². The van der Waals surface area contributed by atoms with E-state index >= 15 is 0 Å². The Kier molecular flexibility index (Phi) is 10.8. The molecule has 230 valence electrons. The molecule has 45 heavy (non-hydrogen) atoms. The van der Waals surface area contributed by atoms with E-state index in [2.05, 4.69) is 34.6 Å². The molecule has 1 aliphatic rings. The minimum absolute atomic E-state index is 0.00869. The molecule has 0 fully saturated rings. The van der Waals surface area contributed by atoms with Gasteiger partial charge in [0.1, 0.15) is 0 Å². The van der Waals surface area contributed by atoms with Gasteiger partial charge < -0.3 is 19.9 Å². The monoisotopic (exact) mass is 622 g/mol. The van der Waals surface area contributed by atoms with Gasteiger partial charge in [-0.15, -0.1) is 0 Å². The van der Waals surface area contributed by atoms with Crippen molar-refractivity contribution in [2.45, 2.75) is 31.6 Å². The number of carboxylic acid groups (broad SMARTS) is 1. The molecule has 1 aliphatic heterocycles. The Hall–Kier alpha value is -4.72.